The Balaban J connectivity index is 3.68. The van der Waals surface area contributed by atoms with E-state index in [0.29, 0.717) is 0 Å². The van der Waals surface area contributed by atoms with Crippen molar-refractivity contribution >= 4 is 6.09 Å². The van der Waals surface area contributed by atoms with Crippen molar-refractivity contribution in [3.63, 3.8) is 0 Å². The number of hydrogen-bond acceptors (Lipinski definition) is 2. The molecule has 1 amide bonds. The standard InChI is InChI=1S/C9H17NO2/c1-5-6-7-10-8(11)12-9(2,3)4/h6-7H,5H2,1-4H3,(H,10,11)/b7-6+. The lowest BCUT2D eigenvalue weighted by atomic mass is 10.2. The third-order valence-corrected chi connectivity index (χ3v) is 0.954. The summed E-state index contributed by atoms with van der Waals surface area (Å²) in [6.07, 6.45) is 3.93. The number of carbonyl (C=O) groups is 1. The summed E-state index contributed by atoms with van der Waals surface area (Å²) < 4.78 is 4.98. The molecule has 0 rings (SSSR count). The van der Waals surface area contributed by atoms with E-state index in [0.717, 1.165) is 6.42 Å². The molecule has 0 radical (unpaired) electrons. The molecule has 0 saturated carbocycles. The van der Waals surface area contributed by atoms with E-state index < -0.39 is 11.7 Å². The Kier molecular flexibility index (Phi) is 4.40. The largest absolute Gasteiger partial charge is 0.444 e. The number of ether oxygens (including phenoxy) is 1. The maximum atomic E-state index is 10.9. The lowest BCUT2D eigenvalue weighted by Crippen LogP contribution is -2.29. The van der Waals surface area contributed by atoms with Crippen LogP contribution in [0.15, 0.2) is 12.3 Å². The van der Waals surface area contributed by atoms with E-state index in [1.54, 1.807) is 6.20 Å². The fourth-order valence-electron chi connectivity index (χ4n) is 0.552. The van der Waals surface area contributed by atoms with Crippen molar-refractivity contribution < 1.29 is 9.53 Å². The molecule has 0 unspecified atom stereocenters. The quantitative estimate of drug-likeness (QED) is 0.693. The summed E-state index contributed by atoms with van der Waals surface area (Å²) in [5.74, 6) is 0. The van der Waals surface area contributed by atoms with Crippen molar-refractivity contribution in [2.45, 2.75) is 39.7 Å². The van der Waals surface area contributed by atoms with E-state index in [9.17, 15) is 4.79 Å². The summed E-state index contributed by atoms with van der Waals surface area (Å²) >= 11 is 0. The van der Waals surface area contributed by atoms with Crippen molar-refractivity contribution in [3.05, 3.63) is 12.3 Å². The van der Waals surface area contributed by atoms with Gasteiger partial charge in [-0.2, -0.15) is 0 Å². The van der Waals surface area contributed by atoms with Gasteiger partial charge in [-0.25, -0.2) is 4.79 Å². The first-order valence-electron chi connectivity index (χ1n) is 4.10. The Hall–Kier alpha value is -0.990. The van der Waals surface area contributed by atoms with Crippen LogP contribution in [0.5, 0.6) is 0 Å². The van der Waals surface area contributed by atoms with E-state index in [2.05, 4.69) is 5.32 Å². The summed E-state index contributed by atoms with van der Waals surface area (Å²) in [5, 5.41) is 2.50. The fourth-order valence-corrected chi connectivity index (χ4v) is 0.552. The molecular weight excluding hydrogens is 154 g/mol. The first kappa shape index (κ1) is 11.0. The lowest BCUT2D eigenvalue weighted by molar-refractivity contribution is 0.0552. The van der Waals surface area contributed by atoms with E-state index in [-0.39, 0.29) is 0 Å². The second-order valence-corrected chi connectivity index (χ2v) is 3.46. The highest BCUT2D eigenvalue weighted by Crippen LogP contribution is 2.06. The zero-order chi connectivity index (χ0) is 9.61. The van der Waals surface area contributed by atoms with E-state index in [4.69, 9.17) is 4.74 Å². The van der Waals surface area contributed by atoms with Gasteiger partial charge in [-0.1, -0.05) is 13.0 Å². The van der Waals surface area contributed by atoms with E-state index in [1.165, 1.54) is 0 Å². The molecule has 0 aromatic heterocycles. The highest BCUT2D eigenvalue weighted by atomic mass is 16.6. The number of allylic oxidation sites excluding steroid dienone is 1. The smallest absolute Gasteiger partial charge is 0.411 e. The highest BCUT2D eigenvalue weighted by molar-refractivity contribution is 5.68. The normalized spacial score (nSPS) is 11.7. The highest BCUT2D eigenvalue weighted by Gasteiger charge is 2.14. The second-order valence-electron chi connectivity index (χ2n) is 3.46. The molecule has 3 heteroatoms. The number of carbonyl (C=O) groups excluding carboxylic acids is 1. The van der Waals surface area contributed by atoms with Crippen LogP contribution in [0.25, 0.3) is 0 Å². The van der Waals surface area contributed by atoms with Crippen molar-refractivity contribution in [1.82, 2.24) is 5.32 Å². The van der Waals surface area contributed by atoms with Gasteiger partial charge in [0.05, 0.1) is 0 Å². The lowest BCUT2D eigenvalue weighted by Gasteiger charge is -2.18. The predicted molar refractivity (Wildman–Crippen MR) is 48.8 cm³/mol. The van der Waals surface area contributed by atoms with Gasteiger partial charge in [0.15, 0.2) is 0 Å². The molecule has 0 atom stereocenters. The Labute approximate surface area is 73.8 Å². The maximum Gasteiger partial charge on any atom is 0.411 e. The minimum absolute atomic E-state index is 0.410. The van der Waals surface area contributed by atoms with Crippen LogP contribution in [0.1, 0.15) is 34.1 Å². The summed E-state index contributed by atoms with van der Waals surface area (Å²) in [6.45, 7) is 7.48. The Morgan fingerprint density at radius 1 is 1.50 bits per heavy atom. The topological polar surface area (TPSA) is 38.3 Å². The SMILES string of the molecule is CC/C=C/NC(=O)OC(C)(C)C. The molecule has 1 N–H and O–H groups in total. The van der Waals surface area contributed by atoms with Gasteiger partial charge in [0.25, 0.3) is 0 Å². The molecule has 0 aliphatic carbocycles. The van der Waals surface area contributed by atoms with Crippen LogP contribution in [0.4, 0.5) is 4.79 Å². The number of amides is 1. The number of nitrogens with one attached hydrogen (secondary N) is 1. The third kappa shape index (κ3) is 7.12. The van der Waals surface area contributed by atoms with Crippen molar-refractivity contribution in [1.29, 1.82) is 0 Å². The van der Waals surface area contributed by atoms with Gasteiger partial charge < -0.3 is 4.74 Å². The molecule has 0 aliphatic heterocycles. The fraction of sp³-hybridized carbons (Fsp3) is 0.667. The van der Waals surface area contributed by atoms with Crippen molar-refractivity contribution in [3.8, 4) is 0 Å². The average molecular weight is 171 g/mol. The van der Waals surface area contributed by atoms with Gasteiger partial charge in [-0.15, -0.1) is 0 Å². The summed E-state index contributed by atoms with van der Waals surface area (Å²) in [7, 11) is 0. The molecule has 0 aliphatic rings. The van der Waals surface area contributed by atoms with Crippen LogP contribution in [0.3, 0.4) is 0 Å². The van der Waals surface area contributed by atoms with Gasteiger partial charge in [0, 0.05) is 6.20 Å². The van der Waals surface area contributed by atoms with E-state index in [1.807, 2.05) is 33.8 Å². The molecule has 0 bridgehead atoms. The van der Waals surface area contributed by atoms with Crippen molar-refractivity contribution in [2.24, 2.45) is 0 Å². The minimum Gasteiger partial charge on any atom is -0.444 e. The molecular formula is C9H17NO2. The van der Waals surface area contributed by atoms with Gasteiger partial charge in [-0.05, 0) is 27.2 Å². The monoisotopic (exact) mass is 171 g/mol. The maximum absolute atomic E-state index is 10.9. The number of rotatable bonds is 2. The molecule has 0 fully saturated rings. The zero-order valence-electron chi connectivity index (χ0n) is 8.18. The molecule has 0 spiro atoms. The molecule has 0 aromatic carbocycles. The molecule has 70 valence electrons. The van der Waals surface area contributed by atoms with E-state index >= 15 is 0 Å². The first-order valence-corrected chi connectivity index (χ1v) is 4.10. The van der Waals surface area contributed by atoms with Crippen LogP contribution in [0, 0.1) is 0 Å². The Morgan fingerprint density at radius 2 is 2.08 bits per heavy atom. The van der Waals surface area contributed by atoms with Crippen LogP contribution < -0.4 is 5.32 Å². The number of hydrogen-bond donors (Lipinski definition) is 1. The number of alkyl carbamates (subject to hydrolysis) is 1. The molecule has 12 heavy (non-hydrogen) atoms. The minimum atomic E-state index is -0.426. The molecule has 0 aromatic rings. The summed E-state index contributed by atoms with van der Waals surface area (Å²) in [5.41, 5.74) is -0.426. The van der Waals surface area contributed by atoms with Crippen LogP contribution in [0.2, 0.25) is 0 Å². The van der Waals surface area contributed by atoms with Crippen LogP contribution >= 0.6 is 0 Å². The van der Waals surface area contributed by atoms with Crippen molar-refractivity contribution in [2.75, 3.05) is 0 Å². The average Bonchev–Trinajstić information content (AvgIpc) is 1.84. The van der Waals surface area contributed by atoms with Gasteiger partial charge in [0.1, 0.15) is 5.60 Å². The zero-order valence-corrected chi connectivity index (χ0v) is 8.18. The van der Waals surface area contributed by atoms with Gasteiger partial charge >= 0.3 is 6.09 Å². The predicted octanol–water partition coefficient (Wildman–Crippen LogP) is 2.43. The molecule has 0 saturated heterocycles. The van der Waals surface area contributed by atoms with Crippen LogP contribution in [-0.4, -0.2) is 11.7 Å². The second kappa shape index (κ2) is 4.80. The van der Waals surface area contributed by atoms with Gasteiger partial charge in [0.2, 0.25) is 0 Å². The van der Waals surface area contributed by atoms with Crippen LogP contribution in [-0.2, 0) is 4.74 Å². The Morgan fingerprint density at radius 3 is 2.50 bits per heavy atom. The third-order valence-electron chi connectivity index (χ3n) is 0.954. The molecule has 3 nitrogen and oxygen atoms in total. The Bertz CT molecular complexity index is 168. The summed E-state index contributed by atoms with van der Waals surface area (Å²) in [4.78, 5) is 10.9. The summed E-state index contributed by atoms with van der Waals surface area (Å²) in [6, 6.07) is 0. The molecule has 0 heterocycles. The van der Waals surface area contributed by atoms with Gasteiger partial charge in [-0.3, -0.25) is 5.32 Å². The first-order chi connectivity index (χ1) is 5.45.